The topological polar surface area (TPSA) is 39.9 Å². The molecule has 0 unspecified atom stereocenters. The van der Waals surface area contributed by atoms with Gasteiger partial charge in [0.05, 0.1) is 11.8 Å². The second kappa shape index (κ2) is 6.56. The zero-order chi connectivity index (χ0) is 11.1. The molecule has 1 heterocycles. The first-order chi connectivity index (χ1) is 7.22. The van der Waals surface area contributed by atoms with Crippen LogP contribution >= 0.6 is 0 Å². The molecule has 0 fully saturated rings. The molecule has 0 radical (unpaired) electrons. The van der Waals surface area contributed by atoms with E-state index in [-0.39, 0.29) is 0 Å². The van der Waals surface area contributed by atoms with Gasteiger partial charge in [0, 0.05) is 19.3 Å². The van der Waals surface area contributed by atoms with Crippen molar-refractivity contribution >= 4 is 0 Å². The third-order valence-corrected chi connectivity index (χ3v) is 2.18. The Morgan fingerprint density at radius 2 is 2.20 bits per heavy atom. The van der Waals surface area contributed by atoms with Crippen LogP contribution in [0.2, 0.25) is 0 Å². The summed E-state index contributed by atoms with van der Waals surface area (Å²) >= 11 is 0. The van der Waals surface area contributed by atoms with Gasteiger partial charge in [-0.05, 0) is 33.1 Å². The molecule has 0 spiro atoms. The second-order valence-electron chi connectivity index (χ2n) is 3.95. The minimum atomic E-state index is 0.336. The van der Waals surface area contributed by atoms with Crippen molar-refractivity contribution in [1.82, 2.24) is 15.0 Å². The first-order valence-corrected chi connectivity index (χ1v) is 5.73. The Morgan fingerprint density at radius 1 is 1.40 bits per heavy atom. The Morgan fingerprint density at radius 3 is 2.80 bits per heavy atom. The van der Waals surface area contributed by atoms with Crippen LogP contribution in [0.5, 0.6) is 0 Å². The van der Waals surface area contributed by atoms with Crippen molar-refractivity contribution in [3.8, 4) is 0 Å². The Balaban J connectivity index is 2.09. The van der Waals surface area contributed by atoms with Crippen molar-refractivity contribution in [1.29, 1.82) is 0 Å². The summed E-state index contributed by atoms with van der Waals surface area (Å²) in [6, 6.07) is 0. The predicted octanol–water partition coefficient (Wildman–Crippen LogP) is 2.05. The maximum atomic E-state index is 5.46. The Hall–Kier alpha value is -0.900. The molecule has 1 rings (SSSR count). The summed E-state index contributed by atoms with van der Waals surface area (Å²) in [5.74, 6) is 0. The fourth-order valence-corrected chi connectivity index (χ4v) is 1.30. The van der Waals surface area contributed by atoms with Gasteiger partial charge in [0.25, 0.3) is 0 Å². The van der Waals surface area contributed by atoms with Crippen LogP contribution in [0.4, 0.5) is 0 Å². The Labute approximate surface area is 91.6 Å². The van der Waals surface area contributed by atoms with Crippen molar-refractivity contribution in [3.05, 3.63) is 11.9 Å². The van der Waals surface area contributed by atoms with Crippen LogP contribution in [0.25, 0.3) is 0 Å². The van der Waals surface area contributed by atoms with E-state index in [0.717, 1.165) is 38.1 Å². The average molecular weight is 211 g/mol. The van der Waals surface area contributed by atoms with Crippen molar-refractivity contribution in [2.75, 3.05) is 6.61 Å². The standard InChI is InChI=1S/C11H21N3O/c1-4-11-9-14(13-12-11)7-5-6-8-15-10(2)3/h9-10H,4-8H2,1-3H3. The highest BCUT2D eigenvalue weighted by Gasteiger charge is 1.98. The van der Waals surface area contributed by atoms with E-state index in [9.17, 15) is 0 Å². The molecule has 1 aromatic heterocycles. The van der Waals surface area contributed by atoms with E-state index in [1.807, 2.05) is 10.9 Å². The largest absolute Gasteiger partial charge is 0.379 e. The summed E-state index contributed by atoms with van der Waals surface area (Å²) in [7, 11) is 0. The van der Waals surface area contributed by atoms with Gasteiger partial charge in [0.2, 0.25) is 0 Å². The van der Waals surface area contributed by atoms with Crippen LogP contribution in [0.15, 0.2) is 6.20 Å². The molecule has 0 saturated carbocycles. The number of ether oxygens (including phenoxy) is 1. The molecule has 0 bridgehead atoms. The first kappa shape index (κ1) is 12.2. The quantitative estimate of drug-likeness (QED) is 0.648. The monoisotopic (exact) mass is 211 g/mol. The van der Waals surface area contributed by atoms with Gasteiger partial charge in [-0.15, -0.1) is 5.10 Å². The highest BCUT2D eigenvalue weighted by molar-refractivity contribution is 4.90. The van der Waals surface area contributed by atoms with Gasteiger partial charge in [-0.25, -0.2) is 0 Å². The van der Waals surface area contributed by atoms with Crippen LogP contribution in [0.1, 0.15) is 39.3 Å². The molecule has 0 saturated heterocycles. The molecule has 0 aliphatic heterocycles. The van der Waals surface area contributed by atoms with Crippen LogP contribution in [0, 0.1) is 0 Å². The Kier molecular flexibility index (Phi) is 5.32. The number of aryl methyl sites for hydroxylation is 2. The van der Waals surface area contributed by atoms with Gasteiger partial charge in [-0.3, -0.25) is 4.68 Å². The minimum Gasteiger partial charge on any atom is -0.379 e. The highest BCUT2D eigenvalue weighted by atomic mass is 16.5. The molecule has 4 nitrogen and oxygen atoms in total. The normalized spacial score (nSPS) is 11.2. The number of hydrogen-bond acceptors (Lipinski definition) is 3. The third-order valence-electron chi connectivity index (χ3n) is 2.18. The number of hydrogen-bond donors (Lipinski definition) is 0. The number of rotatable bonds is 7. The molecule has 0 aliphatic rings. The third kappa shape index (κ3) is 4.93. The number of unbranched alkanes of at least 4 members (excludes halogenated alkanes) is 1. The van der Waals surface area contributed by atoms with E-state index < -0.39 is 0 Å². The number of nitrogens with zero attached hydrogens (tertiary/aromatic N) is 3. The van der Waals surface area contributed by atoms with Gasteiger partial charge in [0.15, 0.2) is 0 Å². The molecular formula is C11H21N3O. The molecule has 0 atom stereocenters. The van der Waals surface area contributed by atoms with Gasteiger partial charge in [-0.1, -0.05) is 12.1 Å². The van der Waals surface area contributed by atoms with E-state index in [1.165, 1.54) is 0 Å². The van der Waals surface area contributed by atoms with Gasteiger partial charge in [0.1, 0.15) is 0 Å². The maximum absolute atomic E-state index is 5.46. The van der Waals surface area contributed by atoms with Crippen molar-refractivity contribution in [3.63, 3.8) is 0 Å². The van der Waals surface area contributed by atoms with E-state index in [1.54, 1.807) is 0 Å². The summed E-state index contributed by atoms with van der Waals surface area (Å²) in [5.41, 5.74) is 1.06. The molecule has 0 aromatic carbocycles. The summed E-state index contributed by atoms with van der Waals surface area (Å²) in [5, 5.41) is 8.09. The molecule has 4 heteroatoms. The van der Waals surface area contributed by atoms with Crippen molar-refractivity contribution in [2.24, 2.45) is 0 Å². The van der Waals surface area contributed by atoms with Crippen molar-refractivity contribution < 1.29 is 4.74 Å². The number of aromatic nitrogens is 3. The van der Waals surface area contributed by atoms with Crippen LogP contribution in [-0.4, -0.2) is 27.7 Å². The van der Waals surface area contributed by atoms with Crippen molar-refractivity contribution in [2.45, 2.75) is 52.7 Å². The lowest BCUT2D eigenvalue weighted by Crippen LogP contribution is -2.05. The lowest BCUT2D eigenvalue weighted by Gasteiger charge is -2.06. The molecule has 0 N–H and O–H groups in total. The summed E-state index contributed by atoms with van der Waals surface area (Å²) in [4.78, 5) is 0. The lowest BCUT2D eigenvalue weighted by atomic mass is 10.3. The second-order valence-corrected chi connectivity index (χ2v) is 3.95. The molecule has 15 heavy (non-hydrogen) atoms. The van der Waals surface area contributed by atoms with E-state index in [4.69, 9.17) is 4.74 Å². The summed E-state index contributed by atoms with van der Waals surface area (Å²) in [6.07, 6.45) is 5.49. The lowest BCUT2D eigenvalue weighted by molar-refractivity contribution is 0.0753. The highest BCUT2D eigenvalue weighted by Crippen LogP contribution is 1.99. The van der Waals surface area contributed by atoms with E-state index in [0.29, 0.717) is 6.10 Å². The molecule has 86 valence electrons. The molecule has 0 amide bonds. The van der Waals surface area contributed by atoms with Crippen LogP contribution in [0.3, 0.4) is 0 Å². The fraction of sp³-hybridized carbons (Fsp3) is 0.818. The SMILES string of the molecule is CCc1cn(CCCCOC(C)C)nn1. The summed E-state index contributed by atoms with van der Waals surface area (Å²) < 4.78 is 7.37. The summed E-state index contributed by atoms with van der Waals surface area (Å²) in [6.45, 7) is 7.99. The van der Waals surface area contributed by atoms with E-state index >= 15 is 0 Å². The fourth-order valence-electron chi connectivity index (χ4n) is 1.30. The minimum absolute atomic E-state index is 0.336. The van der Waals surface area contributed by atoms with Crippen LogP contribution < -0.4 is 0 Å². The van der Waals surface area contributed by atoms with Gasteiger partial charge in [-0.2, -0.15) is 0 Å². The molecule has 1 aromatic rings. The van der Waals surface area contributed by atoms with E-state index in [2.05, 4.69) is 31.1 Å². The maximum Gasteiger partial charge on any atom is 0.0824 e. The molecule has 0 aliphatic carbocycles. The average Bonchev–Trinajstić information content (AvgIpc) is 2.65. The first-order valence-electron chi connectivity index (χ1n) is 5.73. The zero-order valence-electron chi connectivity index (χ0n) is 9.94. The predicted molar refractivity (Wildman–Crippen MR) is 59.7 cm³/mol. The smallest absolute Gasteiger partial charge is 0.0824 e. The molecular weight excluding hydrogens is 190 g/mol. The van der Waals surface area contributed by atoms with Gasteiger partial charge < -0.3 is 4.74 Å². The Bertz CT molecular complexity index is 271. The van der Waals surface area contributed by atoms with Crippen LogP contribution in [-0.2, 0) is 17.7 Å². The van der Waals surface area contributed by atoms with Gasteiger partial charge >= 0.3 is 0 Å². The zero-order valence-corrected chi connectivity index (χ0v) is 9.94.